The molecule has 0 radical (unpaired) electrons. The number of piperazine rings is 1. The number of carbonyl (C=O) groups is 2. The number of benzene rings is 3. The van der Waals surface area contributed by atoms with Crippen molar-refractivity contribution in [3.63, 3.8) is 0 Å². The zero-order valence-corrected chi connectivity index (χ0v) is 25.0. The lowest BCUT2D eigenvalue weighted by Gasteiger charge is -2.44. The minimum Gasteiger partial charge on any atom is -0.392 e. The summed E-state index contributed by atoms with van der Waals surface area (Å²) in [6, 6.07) is 23.8. The van der Waals surface area contributed by atoms with Gasteiger partial charge in [0.2, 0.25) is 5.95 Å². The first-order valence-electron chi connectivity index (χ1n) is 15.3. The first kappa shape index (κ1) is 29.2. The molecule has 10 heteroatoms. The standard InChI is InChI=1S/C35H35N5O5/c1-23-30(21-38-16-18-39(19-17-38)35-36-14-5-15-37-35)44-34(45-31(23)25-12-10-24(22-41)11-13-25)26-6-4-7-27(20-26)40-32(42)28-8-2-3-9-29(28)33(40)43/h2-15,20,23,30-31,34,41H,16-19,21-22H2,1H3/t23-,30+,31+,34+/m0/s1. The fourth-order valence-corrected chi connectivity index (χ4v) is 6.40. The summed E-state index contributed by atoms with van der Waals surface area (Å²) in [4.78, 5) is 41.1. The number of ether oxygens (including phenoxy) is 2. The lowest BCUT2D eigenvalue weighted by Crippen LogP contribution is -2.51. The van der Waals surface area contributed by atoms with Crippen LogP contribution in [0, 0.1) is 5.92 Å². The predicted molar refractivity (Wildman–Crippen MR) is 168 cm³/mol. The molecule has 3 aliphatic heterocycles. The summed E-state index contributed by atoms with van der Waals surface area (Å²) in [6.07, 6.45) is 2.38. The summed E-state index contributed by atoms with van der Waals surface area (Å²) in [6.45, 7) is 6.17. The van der Waals surface area contributed by atoms with Crippen LogP contribution in [0.4, 0.5) is 11.6 Å². The molecule has 10 nitrogen and oxygen atoms in total. The van der Waals surface area contributed by atoms with E-state index in [0.29, 0.717) is 23.4 Å². The Balaban J connectivity index is 1.13. The molecule has 45 heavy (non-hydrogen) atoms. The molecule has 2 fully saturated rings. The lowest BCUT2D eigenvalue weighted by molar-refractivity contribution is -0.276. The van der Waals surface area contributed by atoms with Gasteiger partial charge < -0.3 is 19.5 Å². The van der Waals surface area contributed by atoms with Crippen LogP contribution in [0.2, 0.25) is 0 Å². The van der Waals surface area contributed by atoms with E-state index in [0.717, 1.165) is 48.8 Å². The maximum atomic E-state index is 13.2. The highest BCUT2D eigenvalue weighted by Crippen LogP contribution is 2.43. The van der Waals surface area contributed by atoms with Crippen molar-refractivity contribution in [2.75, 3.05) is 42.5 Å². The average molecular weight is 606 g/mol. The fourth-order valence-electron chi connectivity index (χ4n) is 6.40. The minimum absolute atomic E-state index is 0.0242. The van der Waals surface area contributed by atoms with Gasteiger partial charge in [-0.3, -0.25) is 14.5 Å². The molecule has 0 saturated carbocycles. The van der Waals surface area contributed by atoms with Gasteiger partial charge in [0.15, 0.2) is 6.29 Å². The molecule has 230 valence electrons. The molecule has 1 aromatic heterocycles. The van der Waals surface area contributed by atoms with Gasteiger partial charge in [0.1, 0.15) is 0 Å². The van der Waals surface area contributed by atoms with E-state index in [4.69, 9.17) is 9.47 Å². The molecule has 1 N–H and O–H groups in total. The second-order valence-electron chi connectivity index (χ2n) is 11.7. The molecule has 0 spiro atoms. The summed E-state index contributed by atoms with van der Waals surface area (Å²) in [7, 11) is 0. The van der Waals surface area contributed by atoms with E-state index >= 15 is 0 Å². The number of aliphatic hydroxyl groups excluding tert-OH is 1. The third-order valence-corrected chi connectivity index (χ3v) is 8.96. The number of aromatic nitrogens is 2. The van der Waals surface area contributed by atoms with Crippen molar-refractivity contribution in [1.82, 2.24) is 14.9 Å². The van der Waals surface area contributed by atoms with Crippen molar-refractivity contribution in [3.05, 3.63) is 119 Å². The summed E-state index contributed by atoms with van der Waals surface area (Å²) in [5, 5.41) is 9.59. The number of hydrogen-bond acceptors (Lipinski definition) is 9. The number of rotatable bonds is 7. The highest BCUT2D eigenvalue weighted by Gasteiger charge is 2.41. The second-order valence-corrected chi connectivity index (χ2v) is 11.7. The third-order valence-electron chi connectivity index (χ3n) is 8.96. The Hall–Kier alpha value is -4.48. The van der Waals surface area contributed by atoms with E-state index in [-0.39, 0.29) is 36.5 Å². The van der Waals surface area contributed by atoms with Crippen LogP contribution >= 0.6 is 0 Å². The SMILES string of the molecule is C[C@H]1[C@@H](CN2CCN(c3ncccn3)CC2)O[C@@H](c2cccc(N3C(=O)c4ccccc4C3=O)c2)O[C@H]1c1ccc(CO)cc1. The number of imide groups is 1. The van der Waals surface area contributed by atoms with Crippen LogP contribution in [0.25, 0.3) is 0 Å². The van der Waals surface area contributed by atoms with Crippen LogP contribution in [0.1, 0.15) is 56.7 Å². The topological polar surface area (TPSA) is 108 Å². The van der Waals surface area contributed by atoms with E-state index in [2.05, 4.69) is 26.7 Å². The van der Waals surface area contributed by atoms with Gasteiger partial charge in [-0.1, -0.05) is 55.5 Å². The molecule has 2 amide bonds. The number of anilines is 2. The number of fused-ring (bicyclic) bond motifs is 1. The molecule has 4 heterocycles. The minimum atomic E-state index is -0.720. The van der Waals surface area contributed by atoms with Crippen LogP contribution in [0.15, 0.2) is 91.3 Å². The van der Waals surface area contributed by atoms with Gasteiger partial charge in [0.25, 0.3) is 11.8 Å². The van der Waals surface area contributed by atoms with Gasteiger partial charge in [0.05, 0.1) is 35.6 Å². The fraction of sp³-hybridized carbons (Fsp3) is 0.314. The second kappa shape index (κ2) is 12.5. The Morgan fingerprint density at radius 3 is 2.16 bits per heavy atom. The van der Waals surface area contributed by atoms with E-state index < -0.39 is 6.29 Å². The van der Waals surface area contributed by atoms with Crippen molar-refractivity contribution in [2.24, 2.45) is 5.92 Å². The highest BCUT2D eigenvalue weighted by molar-refractivity contribution is 6.34. The van der Waals surface area contributed by atoms with Crippen molar-refractivity contribution < 1.29 is 24.2 Å². The number of hydrogen-bond donors (Lipinski definition) is 1. The van der Waals surface area contributed by atoms with Crippen molar-refractivity contribution in [2.45, 2.75) is 32.0 Å². The van der Waals surface area contributed by atoms with Gasteiger partial charge in [-0.15, -0.1) is 0 Å². The molecule has 2 saturated heterocycles. The molecule has 0 unspecified atom stereocenters. The van der Waals surface area contributed by atoms with Gasteiger partial charge in [-0.25, -0.2) is 14.9 Å². The maximum Gasteiger partial charge on any atom is 0.266 e. The maximum absolute atomic E-state index is 13.2. The zero-order valence-electron chi connectivity index (χ0n) is 25.0. The normalized spacial score (nSPS) is 23.8. The third kappa shape index (κ3) is 5.73. The summed E-state index contributed by atoms with van der Waals surface area (Å²) < 4.78 is 13.4. The number of carbonyl (C=O) groups excluding carboxylic acids is 2. The number of nitrogens with zero attached hydrogens (tertiary/aromatic N) is 5. The molecule has 3 aliphatic rings. The van der Waals surface area contributed by atoms with Crippen LogP contribution < -0.4 is 9.80 Å². The Morgan fingerprint density at radius 1 is 0.800 bits per heavy atom. The Kier molecular flexibility index (Phi) is 8.12. The first-order chi connectivity index (χ1) is 22.0. The van der Waals surface area contributed by atoms with Crippen molar-refractivity contribution in [1.29, 1.82) is 0 Å². The Bertz CT molecular complexity index is 1640. The molecule has 4 aromatic rings. The van der Waals surface area contributed by atoms with E-state index in [1.807, 2.05) is 48.5 Å². The average Bonchev–Trinajstić information content (AvgIpc) is 3.35. The van der Waals surface area contributed by atoms with Gasteiger partial charge in [-0.2, -0.15) is 0 Å². The molecular weight excluding hydrogens is 570 g/mol. The van der Waals surface area contributed by atoms with E-state index in [9.17, 15) is 14.7 Å². The Morgan fingerprint density at radius 2 is 1.49 bits per heavy atom. The quantitative estimate of drug-likeness (QED) is 0.307. The van der Waals surface area contributed by atoms with Gasteiger partial charge in [0, 0.05) is 56.6 Å². The molecule has 7 rings (SSSR count). The molecule has 3 aromatic carbocycles. The monoisotopic (exact) mass is 605 g/mol. The summed E-state index contributed by atoms with van der Waals surface area (Å²) in [5.41, 5.74) is 3.84. The van der Waals surface area contributed by atoms with E-state index in [1.165, 1.54) is 4.90 Å². The first-order valence-corrected chi connectivity index (χ1v) is 15.3. The largest absolute Gasteiger partial charge is 0.392 e. The van der Waals surface area contributed by atoms with Gasteiger partial charge >= 0.3 is 0 Å². The molecule has 4 atom stereocenters. The van der Waals surface area contributed by atoms with Crippen molar-refractivity contribution in [3.8, 4) is 0 Å². The van der Waals surface area contributed by atoms with Gasteiger partial charge in [-0.05, 0) is 41.5 Å². The van der Waals surface area contributed by atoms with Crippen LogP contribution in [0.5, 0.6) is 0 Å². The smallest absolute Gasteiger partial charge is 0.266 e. The Labute approximate surface area is 261 Å². The van der Waals surface area contributed by atoms with Crippen LogP contribution in [-0.2, 0) is 16.1 Å². The number of aliphatic hydroxyl groups is 1. The lowest BCUT2D eigenvalue weighted by atomic mass is 9.90. The molecular formula is C35H35N5O5. The van der Waals surface area contributed by atoms with E-state index in [1.54, 1.807) is 42.7 Å². The summed E-state index contributed by atoms with van der Waals surface area (Å²) in [5.74, 6) is 0.0895. The van der Waals surface area contributed by atoms with Crippen molar-refractivity contribution >= 4 is 23.5 Å². The molecule has 0 bridgehead atoms. The zero-order chi connectivity index (χ0) is 30.9. The van der Waals surface area contributed by atoms with Crippen LogP contribution in [0.3, 0.4) is 0 Å². The number of amides is 2. The predicted octanol–water partition coefficient (Wildman–Crippen LogP) is 4.38. The summed E-state index contributed by atoms with van der Waals surface area (Å²) >= 11 is 0. The molecule has 0 aliphatic carbocycles. The highest BCUT2D eigenvalue weighted by atomic mass is 16.7. The van der Waals surface area contributed by atoms with Crippen LogP contribution in [-0.4, -0.2) is 70.6 Å².